The average Bonchev–Trinajstić information content (AvgIpc) is 2.98. The predicted octanol–water partition coefficient (Wildman–Crippen LogP) is 0.562. The second kappa shape index (κ2) is 3.06. The normalized spacial score (nSPS) is 20.0. The number of nitrogens with zero attached hydrogens (tertiary/aromatic N) is 2. The molecule has 1 aliphatic heterocycles. The van der Waals surface area contributed by atoms with E-state index in [1.165, 1.54) is 0 Å². The van der Waals surface area contributed by atoms with Gasteiger partial charge in [-0.15, -0.1) is 0 Å². The molecule has 0 amide bonds. The summed E-state index contributed by atoms with van der Waals surface area (Å²) < 4.78 is 1.72. The summed E-state index contributed by atoms with van der Waals surface area (Å²) >= 11 is 0. The van der Waals surface area contributed by atoms with Crippen molar-refractivity contribution in [1.29, 1.82) is 0 Å². The first-order valence-corrected chi connectivity index (χ1v) is 5.31. The molecule has 2 aliphatic rings. The summed E-state index contributed by atoms with van der Waals surface area (Å²) in [5.74, 6) is -0.848. The van der Waals surface area contributed by atoms with Crippen molar-refractivity contribution in [2.45, 2.75) is 31.8 Å². The van der Waals surface area contributed by atoms with Gasteiger partial charge in [-0.3, -0.25) is 4.68 Å². The third-order valence-electron chi connectivity index (χ3n) is 3.03. The molecular weight excluding hydrogens is 194 g/mol. The smallest absolute Gasteiger partial charge is 0.354 e. The van der Waals surface area contributed by atoms with Gasteiger partial charge in [0.25, 0.3) is 0 Å². The fourth-order valence-corrected chi connectivity index (χ4v) is 2.13. The van der Waals surface area contributed by atoms with E-state index in [2.05, 4.69) is 10.4 Å². The Hall–Kier alpha value is -1.36. The van der Waals surface area contributed by atoms with Gasteiger partial charge in [0.2, 0.25) is 0 Å². The minimum Gasteiger partial charge on any atom is -0.477 e. The van der Waals surface area contributed by atoms with Crippen molar-refractivity contribution >= 4 is 5.97 Å². The molecule has 1 aromatic rings. The zero-order valence-corrected chi connectivity index (χ0v) is 8.36. The number of hydrogen-bond acceptors (Lipinski definition) is 3. The van der Waals surface area contributed by atoms with E-state index in [0.29, 0.717) is 18.3 Å². The third kappa shape index (κ3) is 1.34. The molecule has 2 N–H and O–H groups in total. The molecular formula is C10H13N3O2. The monoisotopic (exact) mass is 207 g/mol. The van der Waals surface area contributed by atoms with Crippen molar-refractivity contribution in [2.75, 3.05) is 6.54 Å². The number of aromatic carboxylic acids is 1. The van der Waals surface area contributed by atoms with E-state index in [-0.39, 0.29) is 0 Å². The second-order valence-corrected chi connectivity index (χ2v) is 4.18. The molecule has 0 bridgehead atoms. The molecule has 2 heterocycles. The van der Waals surface area contributed by atoms with Crippen molar-refractivity contribution in [2.24, 2.45) is 0 Å². The van der Waals surface area contributed by atoms with E-state index in [1.54, 1.807) is 4.68 Å². The van der Waals surface area contributed by atoms with Gasteiger partial charge in [0.05, 0.1) is 11.7 Å². The lowest BCUT2D eigenvalue weighted by atomic mass is 10.1. The maximum atomic E-state index is 11.2. The van der Waals surface area contributed by atoms with Crippen molar-refractivity contribution in [1.82, 2.24) is 15.1 Å². The van der Waals surface area contributed by atoms with E-state index in [1.807, 2.05) is 0 Å². The molecule has 1 saturated carbocycles. The van der Waals surface area contributed by atoms with Crippen molar-refractivity contribution in [3.05, 3.63) is 17.0 Å². The summed E-state index contributed by atoms with van der Waals surface area (Å²) in [5, 5.41) is 16.8. The number of hydrogen-bond donors (Lipinski definition) is 2. The molecule has 0 aromatic carbocycles. The Kier molecular flexibility index (Phi) is 1.82. The standard InChI is InChI=1S/C10H13N3O2/c14-10(15)9-7-5-11-4-3-8(7)12-13(9)6-1-2-6/h6,11H,1-5H2,(H,14,15). The molecule has 0 atom stereocenters. The van der Waals surface area contributed by atoms with Crippen LogP contribution in [0.15, 0.2) is 0 Å². The van der Waals surface area contributed by atoms with E-state index in [0.717, 1.165) is 37.1 Å². The minimum atomic E-state index is -0.848. The third-order valence-corrected chi connectivity index (χ3v) is 3.03. The second-order valence-electron chi connectivity index (χ2n) is 4.18. The van der Waals surface area contributed by atoms with Gasteiger partial charge in [0.1, 0.15) is 0 Å². The number of carboxylic acid groups (broad SMARTS) is 1. The highest BCUT2D eigenvalue weighted by molar-refractivity contribution is 5.88. The Morgan fingerprint density at radius 1 is 1.53 bits per heavy atom. The maximum Gasteiger partial charge on any atom is 0.354 e. The van der Waals surface area contributed by atoms with Crippen LogP contribution in [0.4, 0.5) is 0 Å². The van der Waals surface area contributed by atoms with Gasteiger partial charge in [0.15, 0.2) is 5.69 Å². The first kappa shape index (κ1) is 8.91. The lowest BCUT2D eigenvalue weighted by molar-refractivity contribution is 0.0681. The van der Waals surface area contributed by atoms with Crippen LogP contribution in [0.5, 0.6) is 0 Å². The summed E-state index contributed by atoms with van der Waals surface area (Å²) in [4.78, 5) is 11.2. The van der Waals surface area contributed by atoms with Crippen molar-refractivity contribution < 1.29 is 9.90 Å². The van der Waals surface area contributed by atoms with Crippen LogP contribution < -0.4 is 5.32 Å². The van der Waals surface area contributed by atoms with Gasteiger partial charge in [-0.25, -0.2) is 4.79 Å². The Labute approximate surface area is 87.1 Å². The fraction of sp³-hybridized carbons (Fsp3) is 0.600. The minimum absolute atomic E-state index is 0.335. The van der Waals surface area contributed by atoms with E-state index < -0.39 is 5.97 Å². The first-order valence-electron chi connectivity index (χ1n) is 5.31. The predicted molar refractivity (Wildman–Crippen MR) is 52.9 cm³/mol. The number of aromatic nitrogens is 2. The molecule has 5 nitrogen and oxygen atoms in total. The van der Waals surface area contributed by atoms with Gasteiger partial charge in [-0.2, -0.15) is 5.10 Å². The fourth-order valence-electron chi connectivity index (χ4n) is 2.13. The number of carboxylic acids is 1. The van der Waals surface area contributed by atoms with Gasteiger partial charge in [0, 0.05) is 25.1 Å². The van der Waals surface area contributed by atoms with Gasteiger partial charge >= 0.3 is 5.97 Å². The van der Waals surface area contributed by atoms with E-state index >= 15 is 0 Å². The van der Waals surface area contributed by atoms with Crippen molar-refractivity contribution in [3.8, 4) is 0 Å². The topological polar surface area (TPSA) is 67.1 Å². The number of carbonyl (C=O) groups is 1. The molecule has 15 heavy (non-hydrogen) atoms. The Balaban J connectivity index is 2.13. The summed E-state index contributed by atoms with van der Waals surface area (Å²) in [6.45, 7) is 1.54. The van der Waals surface area contributed by atoms with Gasteiger partial charge in [-0.05, 0) is 12.8 Å². The molecule has 80 valence electrons. The zero-order chi connectivity index (χ0) is 10.4. The molecule has 1 aromatic heterocycles. The summed E-state index contributed by atoms with van der Waals surface area (Å²) in [6.07, 6.45) is 2.97. The van der Waals surface area contributed by atoms with Crippen LogP contribution >= 0.6 is 0 Å². The quantitative estimate of drug-likeness (QED) is 0.743. The van der Waals surface area contributed by atoms with Gasteiger partial charge < -0.3 is 10.4 Å². The van der Waals surface area contributed by atoms with Crippen LogP contribution in [0.25, 0.3) is 0 Å². The average molecular weight is 207 g/mol. The van der Waals surface area contributed by atoms with Crippen molar-refractivity contribution in [3.63, 3.8) is 0 Å². The molecule has 0 saturated heterocycles. The summed E-state index contributed by atoms with van der Waals surface area (Å²) in [6, 6.07) is 0.335. The summed E-state index contributed by atoms with van der Waals surface area (Å²) in [5.41, 5.74) is 2.26. The van der Waals surface area contributed by atoms with Crippen LogP contribution in [0.1, 0.15) is 40.6 Å². The highest BCUT2D eigenvalue weighted by atomic mass is 16.4. The van der Waals surface area contributed by atoms with Crippen LogP contribution in [0, 0.1) is 0 Å². The molecule has 1 fully saturated rings. The van der Waals surface area contributed by atoms with Gasteiger partial charge in [-0.1, -0.05) is 0 Å². The van der Waals surface area contributed by atoms with Crippen LogP contribution in [0.2, 0.25) is 0 Å². The molecule has 3 rings (SSSR count). The molecule has 0 spiro atoms. The van der Waals surface area contributed by atoms with Crippen LogP contribution in [0.3, 0.4) is 0 Å². The van der Waals surface area contributed by atoms with E-state index in [4.69, 9.17) is 0 Å². The highest BCUT2D eigenvalue weighted by Gasteiger charge is 2.33. The first-order chi connectivity index (χ1) is 7.27. The molecule has 0 unspecified atom stereocenters. The van der Waals surface area contributed by atoms with E-state index in [9.17, 15) is 9.90 Å². The summed E-state index contributed by atoms with van der Waals surface area (Å²) in [7, 11) is 0. The Morgan fingerprint density at radius 3 is 3.00 bits per heavy atom. The number of nitrogens with one attached hydrogen (secondary N) is 1. The largest absolute Gasteiger partial charge is 0.477 e. The van der Waals surface area contributed by atoms with Crippen LogP contribution in [-0.4, -0.2) is 27.4 Å². The Morgan fingerprint density at radius 2 is 2.33 bits per heavy atom. The lowest BCUT2D eigenvalue weighted by Gasteiger charge is -2.11. The Bertz CT molecular complexity index is 421. The zero-order valence-electron chi connectivity index (χ0n) is 8.36. The molecule has 5 heteroatoms. The molecule has 1 aliphatic carbocycles. The molecule has 0 radical (unpaired) electrons. The maximum absolute atomic E-state index is 11.2. The van der Waals surface area contributed by atoms with Crippen LogP contribution in [-0.2, 0) is 13.0 Å². The number of fused-ring (bicyclic) bond motifs is 1. The number of rotatable bonds is 2. The SMILES string of the molecule is O=C(O)c1c2c(nn1C1CC1)CCNC2. The lowest BCUT2D eigenvalue weighted by Crippen LogP contribution is -2.24. The highest BCUT2D eigenvalue weighted by Crippen LogP contribution is 2.37.